The van der Waals surface area contributed by atoms with Gasteiger partial charge in [-0.1, -0.05) is 0 Å². The Balaban J connectivity index is 2.18. The Morgan fingerprint density at radius 3 is 2.24 bits per heavy atom. The van der Waals surface area contributed by atoms with Gasteiger partial charge in [0, 0.05) is 17.2 Å². The van der Waals surface area contributed by atoms with E-state index >= 15 is 0 Å². The van der Waals surface area contributed by atoms with Gasteiger partial charge in [-0.15, -0.1) is 0 Å². The van der Waals surface area contributed by atoms with E-state index in [0.29, 0.717) is 5.46 Å². The third-order valence-corrected chi connectivity index (χ3v) is 6.15. The molecule has 2 N–H and O–H groups in total. The summed E-state index contributed by atoms with van der Waals surface area (Å²) in [5.74, 6) is -2.44. The van der Waals surface area contributed by atoms with Crippen molar-refractivity contribution in [1.82, 2.24) is 4.98 Å². The highest BCUT2D eigenvalue weighted by molar-refractivity contribution is 7.89. The normalized spacial score (nSPS) is 18.1. The molecule has 156 valence electrons. The van der Waals surface area contributed by atoms with E-state index in [0.717, 1.165) is 12.1 Å². The summed E-state index contributed by atoms with van der Waals surface area (Å²) in [6, 6.07) is 2.98. The summed E-state index contributed by atoms with van der Waals surface area (Å²) in [7, 11) is -3.97. The van der Waals surface area contributed by atoms with Crippen molar-refractivity contribution in [2.24, 2.45) is 5.14 Å². The van der Waals surface area contributed by atoms with Crippen molar-refractivity contribution < 1.29 is 31.2 Å². The van der Waals surface area contributed by atoms with Crippen LogP contribution in [0.3, 0.4) is 0 Å². The Hall–Kier alpha value is -2.08. The molecule has 0 radical (unpaired) electrons. The number of hydrogen-bond acceptors (Lipinski definition) is 6. The fourth-order valence-electron chi connectivity index (χ4n) is 2.92. The van der Waals surface area contributed by atoms with Gasteiger partial charge in [0.25, 0.3) is 0 Å². The molecule has 7 nitrogen and oxygen atoms in total. The molecule has 1 fully saturated rings. The second-order valence-corrected chi connectivity index (χ2v) is 9.22. The highest BCUT2D eigenvalue weighted by Gasteiger charge is 2.52. The van der Waals surface area contributed by atoms with Gasteiger partial charge in [-0.05, 0) is 45.9 Å². The molecule has 0 aliphatic carbocycles. The van der Waals surface area contributed by atoms with Gasteiger partial charge < -0.3 is 14.0 Å². The highest BCUT2D eigenvalue weighted by atomic mass is 32.2. The van der Waals surface area contributed by atoms with Crippen LogP contribution in [-0.2, 0) is 19.3 Å². The lowest BCUT2D eigenvalue weighted by Crippen LogP contribution is -2.41. The lowest BCUT2D eigenvalue weighted by atomic mass is 9.79. The standard InChI is InChI=1S/C18H21BF2N2O5S/c1-17(2)18(3,4)28-19(27-17)10-8-11(16(26-5)23-9-10)14-12(20)6-7-13(15(14)21)29(22,24)25/h6-9H,1-5H3,(H2,22,24,25). The Labute approximate surface area is 168 Å². The second-order valence-electron chi connectivity index (χ2n) is 7.69. The molecule has 0 amide bonds. The number of sulfonamides is 1. The van der Waals surface area contributed by atoms with Crippen molar-refractivity contribution in [3.8, 4) is 17.0 Å². The first kappa shape index (κ1) is 21.6. The van der Waals surface area contributed by atoms with Crippen LogP contribution in [0.15, 0.2) is 29.3 Å². The number of nitrogens with zero attached hydrogens (tertiary/aromatic N) is 1. The number of ether oxygens (including phenoxy) is 1. The minimum Gasteiger partial charge on any atom is -0.481 e. The molecule has 1 aromatic carbocycles. The molecule has 1 aliphatic heterocycles. The third-order valence-electron chi connectivity index (χ3n) is 5.22. The second kappa shape index (κ2) is 7.01. The van der Waals surface area contributed by atoms with Crippen molar-refractivity contribution in [2.75, 3.05) is 7.11 Å². The summed E-state index contributed by atoms with van der Waals surface area (Å²) in [6.45, 7) is 7.44. The smallest absolute Gasteiger partial charge is 0.481 e. The average Bonchev–Trinajstić information content (AvgIpc) is 2.81. The summed E-state index contributed by atoms with van der Waals surface area (Å²) < 4.78 is 69.8. The maximum Gasteiger partial charge on any atom is 0.496 e. The van der Waals surface area contributed by atoms with Crippen molar-refractivity contribution in [3.63, 3.8) is 0 Å². The Morgan fingerprint density at radius 1 is 1.14 bits per heavy atom. The average molecular weight is 426 g/mol. The van der Waals surface area contributed by atoms with Crippen LogP contribution in [-0.4, -0.2) is 38.8 Å². The largest absolute Gasteiger partial charge is 0.496 e. The predicted molar refractivity (Wildman–Crippen MR) is 103 cm³/mol. The fourth-order valence-corrected chi connectivity index (χ4v) is 3.53. The van der Waals surface area contributed by atoms with Crippen LogP contribution in [0.5, 0.6) is 5.88 Å². The fraction of sp³-hybridized carbons (Fsp3) is 0.389. The van der Waals surface area contributed by atoms with Gasteiger partial charge in [-0.25, -0.2) is 27.3 Å². The van der Waals surface area contributed by atoms with Crippen molar-refractivity contribution >= 4 is 22.6 Å². The van der Waals surface area contributed by atoms with Gasteiger partial charge in [0.15, 0.2) is 5.82 Å². The van der Waals surface area contributed by atoms with Crippen LogP contribution in [0.2, 0.25) is 0 Å². The number of halogens is 2. The Bertz CT molecular complexity index is 1060. The summed E-state index contributed by atoms with van der Waals surface area (Å²) in [5, 5.41) is 5.04. The van der Waals surface area contributed by atoms with Gasteiger partial charge in [0.1, 0.15) is 10.7 Å². The minimum atomic E-state index is -4.41. The lowest BCUT2D eigenvalue weighted by Gasteiger charge is -2.32. The van der Waals surface area contributed by atoms with Crippen molar-refractivity contribution in [2.45, 2.75) is 43.8 Å². The molecule has 1 saturated heterocycles. The quantitative estimate of drug-likeness (QED) is 0.751. The zero-order chi connectivity index (χ0) is 21.8. The number of aromatic nitrogens is 1. The van der Waals surface area contributed by atoms with E-state index in [4.69, 9.17) is 19.2 Å². The number of rotatable bonds is 4. The van der Waals surface area contributed by atoms with Gasteiger partial charge in [0.2, 0.25) is 15.9 Å². The number of hydrogen-bond donors (Lipinski definition) is 1. The molecule has 2 aromatic rings. The van der Waals surface area contributed by atoms with Crippen molar-refractivity contribution in [1.29, 1.82) is 0 Å². The van der Waals surface area contributed by atoms with E-state index in [1.165, 1.54) is 19.4 Å². The zero-order valence-electron chi connectivity index (χ0n) is 16.6. The zero-order valence-corrected chi connectivity index (χ0v) is 17.4. The van der Waals surface area contributed by atoms with Crippen LogP contribution in [0.4, 0.5) is 8.78 Å². The number of methoxy groups -OCH3 is 1. The van der Waals surface area contributed by atoms with Gasteiger partial charge >= 0.3 is 7.12 Å². The van der Waals surface area contributed by atoms with Gasteiger partial charge in [-0.2, -0.15) is 0 Å². The summed E-state index contributed by atoms with van der Waals surface area (Å²) >= 11 is 0. The van der Waals surface area contributed by atoms with E-state index in [1.807, 2.05) is 27.7 Å². The molecule has 0 spiro atoms. The molecule has 3 rings (SSSR count). The topological polar surface area (TPSA) is 101 Å². The molecule has 0 bridgehead atoms. The number of benzene rings is 1. The molecule has 1 aromatic heterocycles. The van der Waals surface area contributed by atoms with Crippen molar-refractivity contribution in [3.05, 3.63) is 36.0 Å². The molecular formula is C18H21BF2N2O5S. The molecule has 29 heavy (non-hydrogen) atoms. The minimum absolute atomic E-state index is 0.0970. The predicted octanol–water partition coefficient (Wildman–Crippen LogP) is 1.98. The molecule has 1 aliphatic rings. The Morgan fingerprint density at radius 2 is 1.72 bits per heavy atom. The summed E-state index contributed by atoms with van der Waals surface area (Å²) in [5.41, 5.74) is -1.61. The lowest BCUT2D eigenvalue weighted by molar-refractivity contribution is 0.00578. The molecule has 0 unspecified atom stereocenters. The first-order valence-corrected chi connectivity index (χ1v) is 10.2. The van der Waals surface area contributed by atoms with E-state index in [2.05, 4.69) is 4.98 Å². The van der Waals surface area contributed by atoms with Crippen LogP contribution >= 0.6 is 0 Å². The first-order valence-electron chi connectivity index (χ1n) is 8.69. The maximum absolute atomic E-state index is 14.9. The number of nitrogens with two attached hydrogens (primary N) is 1. The monoisotopic (exact) mass is 426 g/mol. The molecule has 11 heteroatoms. The van der Waals surface area contributed by atoms with E-state index < -0.39 is 50.4 Å². The molecule has 0 saturated carbocycles. The van der Waals surface area contributed by atoms with E-state index in [1.54, 1.807) is 0 Å². The van der Waals surface area contributed by atoms with Gasteiger partial charge in [0.05, 0.1) is 23.9 Å². The summed E-state index contributed by atoms with van der Waals surface area (Å²) in [6.07, 6.45) is 1.41. The van der Waals surface area contributed by atoms with Crippen LogP contribution in [0, 0.1) is 11.6 Å². The van der Waals surface area contributed by atoms with E-state index in [-0.39, 0.29) is 11.4 Å². The van der Waals surface area contributed by atoms with Crippen LogP contribution < -0.4 is 15.3 Å². The SMILES string of the molecule is COc1ncc(B2OC(C)(C)C(C)(C)O2)cc1-c1c(F)ccc(S(N)(=O)=O)c1F. The van der Waals surface area contributed by atoms with Crippen LogP contribution in [0.1, 0.15) is 27.7 Å². The summed E-state index contributed by atoms with van der Waals surface area (Å²) in [4.78, 5) is 3.26. The third kappa shape index (κ3) is 3.75. The molecule has 0 atom stereocenters. The first-order chi connectivity index (χ1) is 13.3. The highest BCUT2D eigenvalue weighted by Crippen LogP contribution is 2.38. The number of pyridine rings is 1. The van der Waals surface area contributed by atoms with Crippen LogP contribution in [0.25, 0.3) is 11.1 Å². The maximum atomic E-state index is 14.9. The van der Waals surface area contributed by atoms with E-state index in [9.17, 15) is 17.2 Å². The Kier molecular flexibility index (Phi) is 5.23. The van der Waals surface area contributed by atoms with Gasteiger partial charge in [-0.3, -0.25) is 0 Å². The molecular weight excluding hydrogens is 405 g/mol. The number of primary sulfonamides is 1. The molecule has 2 heterocycles.